The maximum Gasteiger partial charge on any atom is 0.134 e. The predicted molar refractivity (Wildman–Crippen MR) is 75.4 cm³/mol. The Morgan fingerprint density at radius 1 is 1.16 bits per heavy atom. The van der Waals surface area contributed by atoms with Crippen molar-refractivity contribution in [3.8, 4) is 0 Å². The van der Waals surface area contributed by atoms with E-state index in [1.54, 1.807) is 14.2 Å². The van der Waals surface area contributed by atoms with Crippen LogP contribution in [0.1, 0.15) is 11.1 Å². The maximum absolute atomic E-state index is 5.56. The molecule has 4 nitrogen and oxygen atoms in total. The summed E-state index contributed by atoms with van der Waals surface area (Å²) in [5.74, 6) is 0. The molecule has 0 amide bonds. The third kappa shape index (κ3) is 3.80. The first-order valence-corrected chi connectivity index (χ1v) is 6.52. The molecule has 4 heteroatoms. The summed E-state index contributed by atoms with van der Waals surface area (Å²) in [5, 5.41) is 4.51. The lowest BCUT2D eigenvalue weighted by molar-refractivity contribution is 0.199. The van der Waals surface area contributed by atoms with E-state index in [4.69, 9.17) is 13.9 Å². The molecule has 0 spiro atoms. The highest BCUT2D eigenvalue weighted by molar-refractivity contribution is 5.81. The number of ether oxygens (including phenoxy) is 2. The lowest BCUT2D eigenvalue weighted by Gasteiger charge is -2.03. The number of rotatable bonds is 8. The molecular weight excluding hydrogens is 242 g/mol. The molecule has 0 saturated heterocycles. The molecule has 1 N–H and O–H groups in total. The van der Waals surface area contributed by atoms with Crippen molar-refractivity contribution in [2.75, 3.05) is 34.0 Å². The van der Waals surface area contributed by atoms with Crippen molar-refractivity contribution in [3.05, 3.63) is 35.6 Å². The third-order valence-electron chi connectivity index (χ3n) is 3.11. The number of nitrogens with one attached hydrogen (secondary N) is 1. The Morgan fingerprint density at radius 2 is 2.00 bits per heavy atom. The summed E-state index contributed by atoms with van der Waals surface area (Å²) in [6.07, 6.45) is 2.75. The van der Waals surface area contributed by atoms with Crippen molar-refractivity contribution >= 4 is 11.0 Å². The first-order chi connectivity index (χ1) is 9.35. The van der Waals surface area contributed by atoms with Gasteiger partial charge in [0, 0.05) is 38.3 Å². The summed E-state index contributed by atoms with van der Waals surface area (Å²) >= 11 is 0. The van der Waals surface area contributed by atoms with Crippen LogP contribution in [-0.2, 0) is 22.4 Å². The fourth-order valence-electron chi connectivity index (χ4n) is 2.04. The summed E-state index contributed by atoms with van der Waals surface area (Å²) in [6, 6.07) is 6.30. The van der Waals surface area contributed by atoms with E-state index < -0.39 is 0 Å². The molecule has 1 heterocycles. The monoisotopic (exact) mass is 263 g/mol. The largest absolute Gasteiger partial charge is 0.464 e. The minimum Gasteiger partial charge on any atom is -0.464 e. The summed E-state index contributed by atoms with van der Waals surface area (Å²) in [7, 11) is 3.43. The molecule has 2 rings (SSSR count). The normalized spacial score (nSPS) is 11.3. The predicted octanol–water partition coefficient (Wildman–Crippen LogP) is 2.36. The molecule has 0 fully saturated rings. The summed E-state index contributed by atoms with van der Waals surface area (Å²) in [6.45, 7) is 3.09. The molecule has 19 heavy (non-hydrogen) atoms. The molecule has 0 aliphatic heterocycles. The van der Waals surface area contributed by atoms with Gasteiger partial charge in [-0.25, -0.2) is 0 Å². The van der Waals surface area contributed by atoms with Crippen LogP contribution in [-0.4, -0.2) is 34.0 Å². The number of hydrogen-bond acceptors (Lipinski definition) is 4. The van der Waals surface area contributed by atoms with E-state index in [-0.39, 0.29) is 0 Å². The van der Waals surface area contributed by atoms with Gasteiger partial charge in [-0.05, 0) is 24.1 Å². The minimum absolute atomic E-state index is 0.717. The summed E-state index contributed by atoms with van der Waals surface area (Å²) < 4.78 is 15.7. The molecule has 0 radical (unpaired) electrons. The van der Waals surface area contributed by atoms with Crippen molar-refractivity contribution in [1.29, 1.82) is 0 Å². The van der Waals surface area contributed by atoms with Gasteiger partial charge in [0.2, 0.25) is 0 Å². The van der Waals surface area contributed by atoms with Gasteiger partial charge >= 0.3 is 0 Å². The van der Waals surface area contributed by atoms with Gasteiger partial charge in [0.25, 0.3) is 0 Å². The Balaban J connectivity index is 2.06. The highest BCUT2D eigenvalue weighted by Crippen LogP contribution is 2.22. The Morgan fingerprint density at radius 3 is 2.79 bits per heavy atom. The van der Waals surface area contributed by atoms with Crippen LogP contribution < -0.4 is 5.32 Å². The fourth-order valence-corrected chi connectivity index (χ4v) is 2.04. The van der Waals surface area contributed by atoms with Gasteiger partial charge < -0.3 is 19.2 Å². The molecule has 0 unspecified atom stereocenters. The van der Waals surface area contributed by atoms with Crippen molar-refractivity contribution in [2.45, 2.75) is 13.0 Å². The Labute approximate surface area is 113 Å². The highest BCUT2D eigenvalue weighted by Gasteiger charge is 2.06. The zero-order chi connectivity index (χ0) is 13.5. The summed E-state index contributed by atoms with van der Waals surface area (Å²) in [4.78, 5) is 0. The highest BCUT2D eigenvalue weighted by atomic mass is 16.5. The number of methoxy groups -OCH3 is 2. The van der Waals surface area contributed by atoms with Crippen LogP contribution in [0.5, 0.6) is 0 Å². The SMILES string of the molecule is COCCNCc1coc2ccc(CCOC)cc12. The summed E-state index contributed by atoms with van der Waals surface area (Å²) in [5.41, 5.74) is 3.39. The van der Waals surface area contributed by atoms with Gasteiger partial charge in [-0.3, -0.25) is 0 Å². The van der Waals surface area contributed by atoms with Crippen LogP contribution in [0.3, 0.4) is 0 Å². The van der Waals surface area contributed by atoms with Crippen molar-refractivity contribution in [3.63, 3.8) is 0 Å². The minimum atomic E-state index is 0.717. The van der Waals surface area contributed by atoms with E-state index in [0.717, 1.165) is 38.3 Å². The zero-order valence-corrected chi connectivity index (χ0v) is 11.6. The molecule has 1 aromatic carbocycles. The smallest absolute Gasteiger partial charge is 0.134 e. The van der Waals surface area contributed by atoms with Gasteiger partial charge in [-0.1, -0.05) is 6.07 Å². The molecular formula is C15H21NO3. The number of hydrogen-bond donors (Lipinski definition) is 1. The molecule has 0 atom stereocenters. The van der Waals surface area contributed by atoms with Crippen molar-refractivity contribution < 1.29 is 13.9 Å². The number of benzene rings is 1. The second-order valence-corrected chi connectivity index (χ2v) is 4.50. The van der Waals surface area contributed by atoms with Crippen LogP contribution in [0, 0.1) is 0 Å². The van der Waals surface area contributed by atoms with Crippen LogP contribution in [0.25, 0.3) is 11.0 Å². The quantitative estimate of drug-likeness (QED) is 0.743. The molecule has 0 bridgehead atoms. The Bertz CT molecular complexity index is 507. The van der Waals surface area contributed by atoms with E-state index in [1.165, 1.54) is 16.5 Å². The van der Waals surface area contributed by atoms with Gasteiger partial charge in [0.1, 0.15) is 5.58 Å². The lowest BCUT2D eigenvalue weighted by Crippen LogP contribution is -2.18. The average Bonchev–Trinajstić information content (AvgIpc) is 2.84. The van der Waals surface area contributed by atoms with E-state index in [1.807, 2.05) is 12.3 Å². The average molecular weight is 263 g/mol. The second kappa shape index (κ2) is 7.28. The van der Waals surface area contributed by atoms with Gasteiger partial charge in [0.15, 0.2) is 0 Å². The van der Waals surface area contributed by atoms with E-state index in [2.05, 4.69) is 17.4 Å². The number of fused-ring (bicyclic) bond motifs is 1. The van der Waals surface area contributed by atoms with Crippen LogP contribution in [0.15, 0.2) is 28.9 Å². The van der Waals surface area contributed by atoms with Crippen molar-refractivity contribution in [1.82, 2.24) is 5.32 Å². The number of furan rings is 1. The molecule has 2 aromatic rings. The van der Waals surface area contributed by atoms with E-state index in [9.17, 15) is 0 Å². The Kier molecular flexibility index (Phi) is 5.39. The van der Waals surface area contributed by atoms with Gasteiger partial charge in [0.05, 0.1) is 19.5 Å². The first-order valence-electron chi connectivity index (χ1n) is 6.52. The molecule has 0 aliphatic carbocycles. The van der Waals surface area contributed by atoms with E-state index in [0.29, 0.717) is 0 Å². The van der Waals surface area contributed by atoms with Crippen molar-refractivity contribution in [2.24, 2.45) is 0 Å². The topological polar surface area (TPSA) is 43.6 Å². The second-order valence-electron chi connectivity index (χ2n) is 4.50. The fraction of sp³-hybridized carbons (Fsp3) is 0.467. The maximum atomic E-state index is 5.56. The van der Waals surface area contributed by atoms with E-state index >= 15 is 0 Å². The molecule has 1 aromatic heterocycles. The van der Waals surface area contributed by atoms with Gasteiger partial charge in [-0.15, -0.1) is 0 Å². The molecule has 0 saturated carbocycles. The van der Waals surface area contributed by atoms with Crippen LogP contribution in [0.4, 0.5) is 0 Å². The third-order valence-corrected chi connectivity index (χ3v) is 3.11. The standard InChI is InChI=1S/C15H21NO3/c1-17-7-5-12-3-4-15-14(9-12)13(11-19-15)10-16-6-8-18-2/h3-4,9,11,16H,5-8,10H2,1-2H3. The van der Waals surface area contributed by atoms with Crippen LogP contribution >= 0.6 is 0 Å². The van der Waals surface area contributed by atoms with Gasteiger partial charge in [-0.2, -0.15) is 0 Å². The van der Waals surface area contributed by atoms with Crippen LogP contribution in [0.2, 0.25) is 0 Å². The molecule has 0 aliphatic rings. The lowest BCUT2D eigenvalue weighted by atomic mass is 10.1. The first kappa shape index (κ1) is 14.1. The molecule has 104 valence electrons. The zero-order valence-electron chi connectivity index (χ0n) is 11.6. The Hall–Kier alpha value is -1.36.